The molecule has 1 saturated heterocycles. The molecule has 2 aromatic rings. The van der Waals surface area contributed by atoms with Crippen LogP contribution in [0.25, 0.3) is 0 Å². The van der Waals surface area contributed by atoms with Gasteiger partial charge in [-0.3, -0.25) is 4.79 Å². The number of amides is 1. The molecule has 8 heteroatoms. The molecule has 3 rings (SSSR count). The van der Waals surface area contributed by atoms with E-state index in [1.807, 2.05) is 23.1 Å². The van der Waals surface area contributed by atoms with Gasteiger partial charge in [-0.2, -0.15) is 0 Å². The van der Waals surface area contributed by atoms with Crippen molar-refractivity contribution in [3.05, 3.63) is 44.3 Å². The molecule has 2 N–H and O–H groups in total. The fraction of sp³-hybridized carbons (Fsp3) is 0.375. The third kappa shape index (κ3) is 3.74. The first-order valence-corrected chi connectivity index (χ1v) is 9.10. The van der Waals surface area contributed by atoms with Gasteiger partial charge in [-0.1, -0.05) is 15.9 Å². The van der Waals surface area contributed by atoms with Crippen LogP contribution in [0.5, 0.6) is 5.75 Å². The van der Waals surface area contributed by atoms with Crippen molar-refractivity contribution in [3.63, 3.8) is 0 Å². The fourth-order valence-corrected chi connectivity index (χ4v) is 3.98. The summed E-state index contributed by atoms with van der Waals surface area (Å²) >= 11 is 4.93. The summed E-state index contributed by atoms with van der Waals surface area (Å²) in [6.45, 7) is 1.09. The van der Waals surface area contributed by atoms with Crippen LogP contribution in [0.4, 0.5) is 0 Å². The van der Waals surface area contributed by atoms with Crippen molar-refractivity contribution >= 4 is 45.6 Å². The summed E-state index contributed by atoms with van der Waals surface area (Å²) in [5.74, 6) is 0.768. The molecule has 24 heavy (non-hydrogen) atoms. The van der Waals surface area contributed by atoms with Crippen molar-refractivity contribution in [2.24, 2.45) is 5.73 Å². The lowest BCUT2D eigenvalue weighted by atomic mass is 10.0. The number of nitrogens with two attached hydrogens (primary N) is 1. The van der Waals surface area contributed by atoms with Crippen LogP contribution in [0.3, 0.4) is 0 Å². The number of methoxy groups -OCH3 is 1. The Hall–Kier alpha value is -1.15. The van der Waals surface area contributed by atoms with Crippen molar-refractivity contribution in [2.75, 3.05) is 13.7 Å². The van der Waals surface area contributed by atoms with Crippen LogP contribution < -0.4 is 10.5 Å². The highest BCUT2D eigenvalue weighted by Crippen LogP contribution is 2.39. The smallest absolute Gasteiger partial charge is 0.273 e. The third-order valence-corrected chi connectivity index (χ3v) is 5.37. The molecular weight excluding hydrogens is 414 g/mol. The van der Waals surface area contributed by atoms with Gasteiger partial charge in [0.1, 0.15) is 16.5 Å². The molecule has 2 heterocycles. The van der Waals surface area contributed by atoms with E-state index < -0.39 is 0 Å². The van der Waals surface area contributed by atoms with Crippen LogP contribution >= 0.6 is 39.7 Å². The predicted molar refractivity (Wildman–Crippen MR) is 101 cm³/mol. The number of hydrogen-bond donors (Lipinski definition) is 1. The van der Waals surface area contributed by atoms with Crippen LogP contribution in [0.2, 0.25) is 0 Å². The highest BCUT2D eigenvalue weighted by molar-refractivity contribution is 9.10. The summed E-state index contributed by atoms with van der Waals surface area (Å²) in [4.78, 5) is 19.0. The zero-order valence-corrected chi connectivity index (χ0v) is 16.4. The molecule has 1 aromatic carbocycles. The minimum Gasteiger partial charge on any atom is -0.496 e. The van der Waals surface area contributed by atoms with Gasteiger partial charge in [0.2, 0.25) is 0 Å². The van der Waals surface area contributed by atoms with Gasteiger partial charge in [0.15, 0.2) is 0 Å². The number of nitrogens with zero attached hydrogens (tertiary/aromatic N) is 2. The molecule has 1 aromatic heterocycles. The van der Waals surface area contributed by atoms with Crippen LogP contribution in [0.15, 0.2) is 28.1 Å². The van der Waals surface area contributed by atoms with Crippen LogP contribution in [-0.2, 0) is 6.54 Å². The summed E-state index contributed by atoms with van der Waals surface area (Å²) < 4.78 is 6.46. The number of ether oxygens (including phenoxy) is 1. The standard InChI is InChI=1S/C16H18BrN3O2S.ClH/c1-22-14-5-4-10(17)7-11(14)13-3-2-6-20(13)16(21)12-9-23-15(8-18)19-12;/h4-5,7,9,13H,2-3,6,8,18H2,1H3;1H. The van der Waals surface area contributed by atoms with Gasteiger partial charge < -0.3 is 15.4 Å². The number of likely N-dealkylation sites (tertiary alicyclic amines) is 1. The van der Waals surface area contributed by atoms with E-state index in [2.05, 4.69) is 20.9 Å². The Kier molecular flexibility index (Phi) is 6.62. The lowest BCUT2D eigenvalue weighted by Gasteiger charge is -2.26. The first kappa shape index (κ1) is 19.2. The molecule has 1 aliphatic rings. The van der Waals surface area contributed by atoms with E-state index in [9.17, 15) is 4.79 Å². The zero-order chi connectivity index (χ0) is 16.4. The second kappa shape index (κ2) is 8.29. The monoisotopic (exact) mass is 431 g/mol. The van der Waals surface area contributed by atoms with E-state index in [1.165, 1.54) is 11.3 Å². The van der Waals surface area contributed by atoms with Crippen molar-refractivity contribution in [3.8, 4) is 5.75 Å². The average molecular weight is 433 g/mol. The zero-order valence-electron chi connectivity index (χ0n) is 13.2. The van der Waals surface area contributed by atoms with E-state index in [0.717, 1.165) is 40.2 Å². The van der Waals surface area contributed by atoms with Gasteiger partial charge in [-0.15, -0.1) is 23.7 Å². The Morgan fingerprint density at radius 1 is 1.54 bits per heavy atom. The molecule has 0 saturated carbocycles. The maximum Gasteiger partial charge on any atom is 0.273 e. The highest BCUT2D eigenvalue weighted by atomic mass is 79.9. The molecule has 0 bridgehead atoms. The third-order valence-electron chi connectivity index (χ3n) is 4.01. The van der Waals surface area contributed by atoms with Crippen molar-refractivity contribution in [1.29, 1.82) is 0 Å². The summed E-state index contributed by atoms with van der Waals surface area (Å²) in [7, 11) is 1.65. The maximum atomic E-state index is 12.8. The number of thiazole rings is 1. The average Bonchev–Trinajstić information content (AvgIpc) is 3.23. The molecule has 0 spiro atoms. The Bertz CT molecular complexity index is 725. The summed E-state index contributed by atoms with van der Waals surface area (Å²) in [6, 6.07) is 5.91. The molecular formula is C16H19BrClN3O2S. The Morgan fingerprint density at radius 3 is 3.00 bits per heavy atom. The van der Waals surface area contributed by atoms with Gasteiger partial charge in [-0.25, -0.2) is 4.98 Å². The molecule has 5 nitrogen and oxygen atoms in total. The minimum atomic E-state index is -0.0366. The number of carbonyl (C=O) groups excluding carboxylic acids is 1. The van der Waals surface area contributed by atoms with Crippen molar-refractivity contribution < 1.29 is 9.53 Å². The van der Waals surface area contributed by atoms with E-state index in [0.29, 0.717) is 12.2 Å². The van der Waals surface area contributed by atoms with Crippen molar-refractivity contribution in [1.82, 2.24) is 9.88 Å². The fourth-order valence-electron chi connectivity index (χ4n) is 2.95. The second-order valence-electron chi connectivity index (χ2n) is 5.37. The first-order chi connectivity index (χ1) is 11.1. The molecule has 1 unspecified atom stereocenters. The molecule has 1 fully saturated rings. The van der Waals surface area contributed by atoms with E-state index >= 15 is 0 Å². The quantitative estimate of drug-likeness (QED) is 0.798. The SMILES string of the molecule is COc1ccc(Br)cc1C1CCCN1C(=O)c1csc(CN)n1.Cl. The van der Waals surface area contributed by atoms with Crippen LogP contribution in [-0.4, -0.2) is 29.4 Å². The number of aromatic nitrogens is 1. The Labute approximate surface area is 159 Å². The number of benzene rings is 1. The Morgan fingerprint density at radius 2 is 2.33 bits per heavy atom. The summed E-state index contributed by atoms with van der Waals surface area (Å²) in [5.41, 5.74) is 7.10. The van der Waals surface area contributed by atoms with Crippen LogP contribution in [0, 0.1) is 0 Å². The van der Waals surface area contributed by atoms with Crippen molar-refractivity contribution in [2.45, 2.75) is 25.4 Å². The maximum absolute atomic E-state index is 12.8. The van der Waals surface area contributed by atoms with Crippen LogP contribution in [0.1, 0.15) is 39.9 Å². The van der Waals surface area contributed by atoms with E-state index in [1.54, 1.807) is 12.5 Å². The molecule has 0 aliphatic carbocycles. The summed E-state index contributed by atoms with van der Waals surface area (Å²) in [6.07, 6.45) is 1.90. The minimum absolute atomic E-state index is 0. The molecule has 1 atom stereocenters. The molecule has 0 radical (unpaired) electrons. The first-order valence-electron chi connectivity index (χ1n) is 7.43. The number of rotatable bonds is 4. The van der Waals surface area contributed by atoms with Gasteiger partial charge in [0.25, 0.3) is 5.91 Å². The molecule has 1 aliphatic heterocycles. The lowest BCUT2D eigenvalue weighted by Crippen LogP contribution is -2.31. The van der Waals surface area contributed by atoms with E-state index in [4.69, 9.17) is 10.5 Å². The van der Waals surface area contributed by atoms with Gasteiger partial charge in [-0.05, 0) is 31.0 Å². The number of carbonyl (C=O) groups is 1. The van der Waals surface area contributed by atoms with Gasteiger partial charge in [0.05, 0.1) is 13.2 Å². The van der Waals surface area contributed by atoms with Gasteiger partial charge in [0, 0.05) is 28.5 Å². The second-order valence-corrected chi connectivity index (χ2v) is 7.23. The lowest BCUT2D eigenvalue weighted by molar-refractivity contribution is 0.0729. The largest absolute Gasteiger partial charge is 0.496 e. The van der Waals surface area contributed by atoms with Gasteiger partial charge >= 0.3 is 0 Å². The normalized spacial score (nSPS) is 16.8. The Balaban J connectivity index is 0.00000208. The molecule has 130 valence electrons. The topological polar surface area (TPSA) is 68.5 Å². The number of halogens is 2. The summed E-state index contributed by atoms with van der Waals surface area (Å²) in [5, 5.41) is 2.57. The molecule has 1 amide bonds. The predicted octanol–water partition coefficient (Wildman–Crippen LogP) is 3.77. The van der Waals surface area contributed by atoms with E-state index in [-0.39, 0.29) is 24.4 Å². The number of hydrogen-bond acceptors (Lipinski definition) is 5. The highest BCUT2D eigenvalue weighted by Gasteiger charge is 2.33.